The average Bonchev–Trinajstić information content (AvgIpc) is 2.29. The van der Waals surface area contributed by atoms with Crippen LogP contribution >= 0.6 is 0 Å². The van der Waals surface area contributed by atoms with Crippen LogP contribution in [-0.4, -0.2) is 21.7 Å². The summed E-state index contributed by atoms with van der Waals surface area (Å²) >= 11 is 0. The van der Waals surface area contributed by atoms with Crippen molar-refractivity contribution in [2.24, 2.45) is 5.73 Å². The van der Waals surface area contributed by atoms with E-state index in [1.54, 1.807) is 24.4 Å². The van der Waals surface area contributed by atoms with Crippen molar-refractivity contribution in [2.75, 3.05) is 6.54 Å². The smallest absolute Gasteiger partial charge is 0.141 e. The minimum atomic E-state index is -0.725. The number of aliphatic hydroxyl groups excluding tert-OH is 1. The fourth-order valence-electron chi connectivity index (χ4n) is 1.60. The Morgan fingerprint density at radius 1 is 1.33 bits per heavy atom. The second kappa shape index (κ2) is 3.84. The van der Waals surface area contributed by atoms with Crippen LogP contribution < -0.4 is 5.73 Å². The minimum absolute atomic E-state index is 0.110. The van der Waals surface area contributed by atoms with E-state index < -0.39 is 6.10 Å². The third kappa shape index (κ3) is 1.65. The first-order valence-electron chi connectivity index (χ1n) is 4.68. The number of rotatable bonds is 2. The highest BCUT2D eigenvalue weighted by Crippen LogP contribution is 2.28. The van der Waals surface area contributed by atoms with E-state index in [2.05, 4.69) is 4.98 Å². The Bertz CT molecular complexity index is 485. The summed E-state index contributed by atoms with van der Waals surface area (Å²) in [4.78, 5) is 4.06. The van der Waals surface area contributed by atoms with Gasteiger partial charge in [0.2, 0.25) is 0 Å². The molecule has 2 rings (SSSR count). The molecule has 0 bridgehead atoms. The SMILES string of the molecule is NCC(O)c1ccc(O)c2ncccc12. The van der Waals surface area contributed by atoms with Crippen molar-refractivity contribution in [2.45, 2.75) is 6.10 Å². The van der Waals surface area contributed by atoms with Gasteiger partial charge in [-0.25, -0.2) is 0 Å². The van der Waals surface area contributed by atoms with E-state index in [0.29, 0.717) is 11.1 Å². The summed E-state index contributed by atoms with van der Waals surface area (Å²) in [7, 11) is 0. The number of hydrogen-bond acceptors (Lipinski definition) is 4. The van der Waals surface area contributed by atoms with Gasteiger partial charge in [0.25, 0.3) is 0 Å². The van der Waals surface area contributed by atoms with Gasteiger partial charge in [-0.15, -0.1) is 0 Å². The van der Waals surface area contributed by atoms with E-state index in [-0.39, 0.29) is 12.3 Å². The molecule has 0 spiro atoms. The highest BCUT2D eigenvalue weighted by Gasteiger charge is 2.11. The summed E-state index contributed by atoms with van der Waals surface area (Å²) in [5.74, 6) is 0.110. The highest BCUT2D eigenvalue weighted by molar-refractivity contribution is 5.87. The molecule has 0 fully saturated rings. The van der Waals surface area contributed by atoms with Crippen molar-refractivity contribution in [3.05, 3.63) is 36.0 Å². The molecule has 1 aromatic heterocycles. The van der Waals surface area contributed by atoms with Crippen LogP contribution in [0.4, 0.5) is 0 Å². The van der Waals surface area contributed by atoms with Crippen LogP contribution in [0.15, 0.2) is 30.5 Å². The van der Waals surface area contributed by atoms with Crippen LogP contribution in [0.25, 0.3) is 10.9 Å². The van der Waals surface area contributed by atoms with Gasteiger partial charge in [-0.05, 0) is 17.7 Å². The number of aromatic nitrogens is 1. The number of pyridine rings is 1. The van der Waals surface area contributed by atoms with E-state index >= 15 is 0 Å². The molecule has 4 heteroatoms. The van der Waals surface area contributed by atoms with Crippen molar-refractivity contribution in [3.8, 4) is 5.75 Å². The normalized spacial score (nSPS) is 12.9. The maximum Gasteiger partial charge on any atom is 0.141 e. The highest BCUT2D eigenvalue weighted by atomic mass is 16.3. The Hall–Kier alpha value is -1.65. The summed E-state index contributed by atoms with van der Waals surface area (Å²) < 4.78 is 0. The number of nitrogens with zero attached hydrogens (tertiary/aromatic N) is 1. The second-order valence-corrected chi connectivity index (χ2v) is 3.32. The predicted octanol–water partition coefficient (Wildman–Crippen LogP) is 0.932. The molecule has 1 aromatic carbocycles. The van der Waals surface area contributed by atoms with Gasteiger partial charge >= 0.3 is 0 Å². The molecule has 4 N–H and O–H groups in total. The lowest BCUT2D eigenvalue weighted by atomic mass is 10.0. The molecule has 0 amide bonds. The fraction of sp³-hybridized carbons (Fsp3) is 0.182. The minimum Gasteiger partial charge on any atom is -0.506 e. The summed E-state index contributed by atoms with van der Waals surface area (Å²) in [5, 5.41) is 20.0. The van der Waals surface area contributed by atoms with Crippen LogP contribution in [0.5, 0.6) is 5.75 Å². The molecule has 0 saturated heterocycles. The van der Waals surface area contributed by atoms with E-state index in [0.717, 1.165) is 5.39 Å². The first kappa shape index (κ1) is 9.89. The molecule has 0 radical (unpaired) electrons. The van der Waals surface area contributed by atoms with E-state index in [9.17, 15) is 10.2 Å². The fourth-order valence-corrected chi connectivity index (χ4v) is 1.60. The number of aromatic hydroxyl groups is 1. The molecule has 4 nitrogen and oxygen atoms in total. The average molecular weight is 204 g/mol. The molecule has 1 unspecified atom stereocenters. The molecule has 2 aromatic rings. The van der Waals surface area contributed by atoms with Crippen molar-refractivity contribution in [3.63, 3.8) is 0 Å². The molecule has 0 aliphatic carbocycles. The topological polar surface area (TPSA) is 79.4 Å². The van der Waals surface area contributed by atoms with Crippen LogP contribution in [0, 0.1) is 0 Å². The van der Waals surface area contributed by atoms with Crippen molar-refractivity contribution >= 4 is 10.9 Å². The van der Waals surface area contributed by atoms with E-state index in [1.165, 1.54) is 6.07 Å². The third-order valence-corrected chi connectivity index (χ3v) is 2.36. The lowest BCUT2D eigenvalue weighted by Crippen LogP contribution is -2.11. The molecule has 78 valence electrons. The number of fused-ring (bicyclic) bond motifs is 1. The zero-order valence-electron chi connectivity index (χ0n) is 8.09. The molecule has 0 aliphatic heterocycles. The van der Waals surface area contributed by atoms with Crippen molar-refractivity contribution < 1.29 is 10.2 Å². The summed E-state index contributed by atoms with van der Waals surface area (Å²) in [5.41, 5.74) is 6.58. The number of benzene rings is 1. The van der Waals surface area contributed by atoms with Crippen LogP contribution in [0.3, 0.4) is 0 Å². The van der Waals surface area contributed by atoms with Gasteiger partial charge in [0.05, 0.1) is 6.10 Å². The Morgan fingerprint density at radius 2 is 2.13 bits per heavy atom. The Labute approximate surface area is 87.0 Å². The first-order chi connectivity index (χ1) is 7.24. The molecular formula is C11H12N2O2. The maximum absolute atomic E-state index is 9.68. The van der Waals surface area contributed by atoms with E-state index in [4.69, 9.17) is 5.73 Å². The zero-order chi connectivity index (χ0) is 10.8. The number of phenolic OH excluding ortho intramolecular Hbond substituents is 1. The van der Waals surface area contributed by atoms with Crippen molar-refractivity contribution in [1.29, 1.82) is 0 Å². The van der Waals surface area contributed by atoms with Gasteiger partial charge in [0, 0.05) is 18.1 Å². The van der Waals surface area contributed by atoms with Gasteiger partial charge < -0.3 is 15.9 Å². The van der Waals surface area contributed by atoms with Crippen LogP contribution in [-0.2, 0) is 0 Å². The number of aliphatic hydroxyl groups is 1. The molecule has 1 heterocycles. The molecule has 0 saturated carbocycles. The summed E-state index contributed by atoms with van der Waals surface area (Å²) in [6.07, 6.45) is 0.873. The maximum atomic E-state index is 9.68. The standard InChI is InChI=1S/C11H12N2O2/c12-6-10(15)7-3-4-9(14)11-8(7)2-1-5-13-11/h1-5,10,14-15H,6,12H2. The van der Waals surface area contributed by atoms with Gasteiger partial charge in [-0.2, -0.15) is 0 Å². The van der Waals surface area contributed by atoms with Crippen LogP contribution in [0.1, 0.15) is 11.7 Å². The van der Waals surface area contributed by atoms with E-state index in [1.807, 2.05) is 0 Å². The quantitative estimate of drug-likeness (QED) is 0.680. The molecule has 1 atom stereocenters. The predicted molar refractivity (Wildman–Crippen MR) is 57.4 cm³/mol. The molecule has 0 aliphatic rings. The summed E-state index contributed by atoms with van der Waals surface area (Å²) in [6, 6.07) is 6.74. The number of phenols is 1. The molecular weight excluding hydrogens is 192 g/mol. The molecule has 15 heavy (non-hydrogen) atoms. The van der Waals surface area contributed by atoms with Crippen molar-refractivity contribution in [1.82, 2.24) is 4.98 Å². The summed E-state index contributed by atoms with van der Waals surface area (Å²) in [6.45, 7) is 0.148. The van der Waals surface area contributed by atoms with Gasteiger partial charge in [-0.1, -0.05) is 12.1 Å². The van der Waals surface area contributed by atoms with Gasteiger partial charge in [0.15, 0.2) is 0 Å². The Morgan fingerprint density at radius 3 is 2.87 bits per heavy atom. The Balaban J connectivity index is 2.71. The third-order valence-electron chi connectivity index (χ3n) is 2.36. The lowest BCUT2D eigenvalue weighted by Gasteiger charge is -2.11. The second-order valence-electron chi connectivity index (χ2n) is 3.32. The lowest BCUT2D eigenvalue weighted by molar-refractivity contribution is 0.188. The largest absolute Gasteiger partial charge is 0.506 e. The first-order valence-corrected chi connectivity index (χ1v) is 4.68. The Kier molecular flexibility index (Phi) is 2.53. The van der Waals surface area contributed by atoms with Crippen LogP contribution in [0.2, 0.25) is 0 Å². The zero-order valence-corrected chi connectivity index (χ0v) is 8.09. The van der Waals surface area contributed by atoms with Gasteiger partial charge in [0.1, 0.15) is 11.3 Å². The number of hydrogen-bond donors (Lipinski definition) is 3. The number of nitrogens with two attached hydrogens (primary N) is 1. The monoisotopic (exact) mass is 204 g/mol. The van der Waals surface area contributed by atoms with Gasteiger partial charge in [-0.3, -0.25) is 4.98 Å².